The molecule has 7 heteroatoms. The second kappa shape index (κ2) is 7.52. The maximum absolute atomic E-state index is 11.7. The van der Waals surface area contributed by atoms with Crippen molar-refractivity contribution in [1.29, 1.82) is 0 Å². The number of rotatable bonds is 6. The van der Waals surface area contributed by atoms with Crippen LogP contribution < -0.4 is 16.0 Å². The second-order valence-corrected chi connectivity index (χ2v) is 6.13. The van der Waals surface area contributed by atoms with Crippen LogP contribution in [0.25, 0.3) is 0 Å². The van der Waals surface area contributed by atoms with Crippen molar-refractivity contribution in [1.82, 2.24) is 16.0 Å². The van der Waals surface area contributed by atoms with Crippen LogP contribution in [0.1, 0.15) is 16.1 Å². The fraction of sp³-hybridized carbons (Fsp3) is 0.500. The lowest BCUT2D eigenvalue weighted by molar-refractivity contribution is -0.122. The van der Waals surface area contributed by atoms with Gasteiger partial charge in [0.25, 0.3) is 5.91 Å². The van der Waals surface area contributed by atoms with E-state index in [1.807, 2.05) is 11.4 Å². The van der Waals surface area contributed by atoms with E-state index in [9.17, 15) is 9.59 Å². The third kappa shape index (κ3) is 4.52. The van der Waals surface area contributed by atoms with E-state index in [0.717, 1.165) is 22.9 Å². The van der Waals surface area contributed by atoms with Crippen LogP contribution in [-0.4, -0.2) is 42.6 Å². The normalized spacial score (nSPS) is 18.2. The third-order valence-electron chi connectivity index (χ3n) is 2.72. The highest BCUT2D eigenvalue weighted by atomic mass is 32.2. The monoisotopic (exact) mass is 299 g/mol. The highest BCUT2D eigenvalue weighted by Gasteiger charge is 2.21. The van der Waals surface area contributed by atoms with Gasteiger partial charge in [-0.1, -0.05) is 6.07 Å². The van der Waals surface area contributed by atoms with E-state index in [-0.39, 0.29) is 17.9 Å². The van der Waals surface area contributed by atoms with Crippen LogP contribution in [-0.2, 0) is 4.79 Å². The molecule has 1 aromatic rings. The SMILES string of the molecule is O=C(NCCCNC(=O)C1CSCN1)c1cccs1. The Bertz CT molecular complexity index is 417. The Kier molecular flexibility index (Phi) is 5.68. The molecule has 19 heavy (non-hydrogen) atoms. The van der Waals surface area contributed by atoms with Crippen LogP contribution in [0.2, 0.25) is 0 Å². The lowest BCUT2D eigenvalue weighted by Crippen LogP contribution is -2.42. The number of carbonyl (C=O) groups excluding carboxylic acids is 2. The summed E-state index contributed by atoms with van der Waals surface area (Å²) in [5.41, 5.74) is 0. The van der Waals surface area contributed by atoms with E-state index in [1.54, 1.807) is 17.8 Å². The molecule has 104 valence electrons. The van der Waals surface area contributed by atoms with Gasteiger partial charge >= 0.3 is 0 Å². The first-order valence-electron chi connectivity index (χ1n) is 6.18. The first-order chi connectivity index (χ1) is 9.27. The molecular formula is C12H17N3O2S2. The quantitative estimate of drug-likeness (QED) is 0.675. The van der Waals surface area contributed by atoms with Gasteiger partial charge in [0.1, 0.15) is 0 Å². The molecule has 0 aliphatic carbocycles. The number of amides is 2. The van der Waals surface area contributed by atoms with Crippen molar-refractivity contribution in [3.8, 4) is 0 Å². The van der Waals surface area contributed by atoms with Gasteiger partial charge in [0.15, 0.2) is 0 Å². The van der Waals surface area contributed by atoms with E-state index in [0.29, 0.717) is 13.1 Å². The summed E-state index contributed by atoms with van der Waals surface area (Å²) in [7, 11) is 0. The van der Waals surface area contributed by atoms with E-state index in [2.05, 4.69) is 16.0 Å². The molecule has 0 aromatic carbocycles. The first-order valence-corrected chi connectivity index (χ1v) is 8.21. The van der Waals surface area contributed by atoms with Crippen molar-refractivity contribution in [2.45, 2.75) is 12.5 Å². The van der Waals surface area contributed by atoms with E-state index in [4.69, 9.17) is 0 Å². The predicted molar refractivity (Wildman–Crippen MR) is 78.5 cm³/mol. The van der Waals surface area contributed by atoms with Crippen LogP contribution in [0.15, 0.2) is 17.5 Å². The van der Waals surface area contributed by atoms with Crippen LogP contribution in [0.5, 0.6) is 0 Å². The molecule has 1 aliphatic rings. The molecule has 1 aliphatic heterocycles. The molecule has 1 atom stereocenters. The van der Waals surface area contributed by atoms with Gasteiger partial charge in [-0.2, -0.15) is 0 Å². The fourth-order valence-electron chi connectivity index (χ4n) is 1.68. The van der Waals surface area contributed by atoms with Gasteiger partial charge in [0.2, 0.25) is 5.91 Å². The number of carbonyl (C=O) groups is 2. The van der Waals surface area contributed by atoms with Crippen LogP contribution in [0.4, 0.5) is 0 Å². The minimum absolute atomic E-state index is 0.0461. The Morgan fingerprint density at radius 3 is 2.89 bits per heavy atom. The molecule has 2 rings (SSSR count). The Labute approximate surface area is 120 Å². The Morgan fingerprint density at radius 2 is 2.21 bits per heavy atom. The number of nitrogens with one attached hydrogen (secondary N) is 3. The minimum Gasteiger partial charge on any atom is -0.355 e. The Balaban J connectivity index is 1.54. The zero-order chi connectivity index (χ0) is 13.5. The maximum atomic E-state index is 11.7. The van der Waals surface area contributed by atoms with Crippen molar-refractivity contribution >= 4 is 34.9 Å². The smallest absolute Gasteiger partial charge is 0.261 e. The molecule has 1 aromatic heterocycles. The molecule has 3 N–H and O–H groups in total. The summed E-state index contributed by atoms with van der Waals surface area (Å²) in [5.74, 6) is 1.68. The van der Waals surface area contributed by atoms with Gasteiger partial charge in [-0.15, -0.1) is 23.1 Å². The number of hydrogen-bond acceptors (Lipinski definition) is 5. The van der Waals surface area contributed by atoms with Gasteiger partial charge in [-0.3, -0.25) is 14.9 Å². The molecule has 0 saturated carbocycles. The predicted octanol–water partition coefficient (Wildman–Crippen LogP) is 0.647. The molecular weight excluding hydrogens is 282 g/mol. The molecule has 5 nitrogen and oxygen atoms in total. The topological polar surface area (TPSA) is 70.2 Å². The van der Waals surface area contributed by atoms with Crippen molar-refractivity contribution in [2.75, 3.05) is 24.7 Å². The Morgan fingerprint density at radius 1 is 1.37 bits per heavy atom. The average molecular weight is 299 g/mol. The summed E-state index contributed by atoms with van der Waals surface area (Å²) >= 11 is 3.15. The molecule has 2 heterocycles. The zero-order valence-electron chi connectivity index (χ0n) is 10.5. The third-order valence-corrected chi connectivity index (χ3v) is 4.52. The number of thiophene rings is 1. The van der Waals surface area contributed by atoms with Crippen molar-refractivity contribution < 1.29 is 9.59 Å². The van der Waals surface area contributed by atoms with Crippen molar-refractivity contribution in [3.63, 3.8) is 0 Å². The second-order valence-electron chi connectivity index (χ2n) is 4.15. The van der Waals surface area contributed by atoms with E-state index in [1.165, 1.54) is 11.3 Å². The molecule has 0 spiro atoms. The van der Waals surface area contributed by atoms with Crippen LogP contribution in [0, 0.1) is 0 Å². The highest BCUT2D eigenvalue weighted by molar-refractivity contribution is 7.99. The highest BCUT2D eigenvalue weighted by Crippen LogP contribution is 2.09. The first kappa shape index (κ1) is 14.4. The number of thioether (sulfide) groups is 1. The minimum atomic E-state index is -0.0642. The Hall–Kier alpha value is -1.05. The van der Waals surface area contributed by atoms with Crippen LogP contribution >= 0.6 is 23.1 Å². The van der Waals surface area contributed by atoms with Crippen molar-refractivity contribution in [3.05, 3.63) is 22.4 Å². The molecule has 1 unspecified atom stereocenters. The van der Waals surface area contributed by atoms with Gasteiger partial charge in [0, 0.05) is 24.7 Å². The fourth-order valence-corrected chi connectivity index (χ4v) is 3.27. The van der Waals surface area contributed by atoms with Gasteiger partial charge in [0.05, 0.1) is 10.9 Å². The molecule has 1 fully saturated rings. The molecule has 0 bridgehead atoms. The molecule has 0 radical (unpaired) electrons. The summed E-state index contributed by atoms with van der Waals surface area (Å²) in [6.45, 7) is 1.16. The lowest BCUT2D eigenvalue weighted by Gasteiger charge is -2.10. The summed E-state index contributed by atoms with van der Waals surface area (Å²) < 4.78 is 0. The standard InChI is InChI=1S/C12H17N3O2S2/c16-11(9-7-18-8-15-9)13-4-2-5-14-12(17)10-3-1-6-19-10/h1,3,6,9,15H,2,4-5,7-8H2,(H,13,16)(H,14,17). The van der Waals surface area contributed by atoms with Crippen LogP contribution in [0.3, 0.4) is 0 Å². The number of hydrogen-bond donors (Lipinski definition) is 3. The maximum Gasteiger partial charge on any atom is 0.261 e. The average Bonchev–Trinajstić information content (AvgIpc) is 3.10. The largest absolute Gasteiger partial charge is 0.355 e. The zero-order valence-corrected chi connectivity index (χ0v) is 12.1. The summed E-state index contributed by atoms with van der Waals surface area (Å²) in [5, 5.41) is 10.7. The van der Waals surface area contributed by atoms with Gasteiger partial charge in [-0.05, 0) is 17.9 Å². The molecule has 2 amide bonds. The summed E-state index contributed by atoms with van der Waals surface area (Å²) in [6.07, 6.45) is 0.739. The summed E-state index contributed by atoms with van der Waals surface area (Å²) in [4.78, 5) is 24.0. The van der Waals surface area contributed by atoms with Crippen molar-refractivity contribution in [2.24, 2.45) is 0 Å². The van der Waals surface area contributed by atoms with Gasteiger partial charge < -0.3 is 10.6 Å². The summed E-state index contributed by atoms with van der Waals surface area (Å²) in [6, 6.07) is 3.59. The molecule has 1 saturated heterocycles. The van der Waals surface area contributed by atoms with Gasteiger partial charge in [-0.25, -0.2) is 0 Å². The lowest BCUT2D eigenvalue weighted by atomic mass is 10.3. The van der Waals surface area contributed by atoms with E-state index >= 15 is 0 Å². The van der Waals surface area contributed by atoms with E-state index < -0.39 is 0 Å².